The molecule has 0 N–H and O–H groups in total. The lowest BCUT2D eigenvalue weighted by molar-refractivity contribution is -0.135. The molecule has 1 aliphatic heterocycles. The summed E-state index contributed by atoms with van der Waals surface area (Å²) in [5.41, 5.74) is 3.45. The van der Waals surface area contributed by atoms with Gasteiger partial charge < -0.3 is 9.74 Å². The van der Waals surface area contributed by atoms with Crippen LogP contribution in [-0.2, 0) is 16.2 Å². The number of halogens is 1. The molecule has 3 rings (SSSR count). The molecule has 154 valence electrons. The van der Waals surface area contributed by atoms with Crippen molar-refractivity contribution in [2.24, 2.45) is 10.6 Å². The van der Waals surface area contributed by atoms with E-state index >= 15 is 0 Å². The van der Waals surface area contributed by atoms with Gasteiger partial charge in [-0.1, -0.05) is 74.0 Å². The highest BCUT2D eigenvalue weighted by Crippen LogP contribution is 2.24. The summed E-state index contributed by atoms with van der Waals surface area (Å²) in [6.45, 7) is 8.72. The molecule has 1 atom stereocenters. The Morgan fingerprint density at radius 3 is 2.52 bits per heavy atom. The van der Waals surface area contributed by atoms with Gasteiger partial charge in [0.15, 0.2) is 6.10 Å². The molecular weight excluding hydrogens is 367 g/mol. The molecule has 1 heterocycles. The van der Waals surface area contributed by atoms with Crippen molar-refractivity contribution in [3.63, 3.8) is 0 Å². The van der Waals surface area contributed by atoms with E-state index in [1.165, 1.54) is 11.6 Å². The second-order valence-electron chi connectivity index (χ2n) is 8.94. The van der Waals surface area contributed by atoms with Crippen LogP contribution in [0.5, 0.6) is 0 Å². The van der Waals surface area contributed by atoms with Crippen LogP contribution in [0.4, 0.5) is 4.39 Å². The van der Waals surface area contributed by atoms with Gasteiger partial charge in [0.2, 0.25) is 5.91 Å². The highest BCUT2D eigenvalue weighted by atomic mass is 19.1. The molecule has 2 aromatic rings. The first-order valence-electron chi connectivity index (χ1n) is 10.0. The van der Waals surface area contributed by atoms with Gasteiger partial charge in [0, 0.05) is 24.9 Å². The maximum absolute atomic E-state index is 14.2. The molecule has 1 unspecified atom stereocenters. The average Bonchev–Trinajstić information content (AvgIpc) is 3.10. The fraction of sp³-hybridized carbons (Fsp3) is 0.417. The number of carbonyl (C=O) groups excluding carboxylic acids is 1. The fourth-order valence-electron chi connectivity index (χ4n) is 3.34. The molecule has 0 saturated carbocycles. The van der Waals surface area contributed by atoms with Crippen LogP contribution in [0.15, 0.2) is 53.7 Å². The lowest BCUT2D eigenvalue weighted by Gasteiger charge is -2.28. The van der Waals surface area contributed by atoms with Gasteiger partial charge in [-0.2, -0.15) is 0 Å². The van der Waals surface area contributed by atoms with Crippen molar-refractivity contribution >= 4 is 11.6 Å². The lowest BCUT2D eigenvalue weighted by atomic mass is 9.91. The molecule has 0 fully saturated rings. The lowest BCUT2D eigenvalue weighted by Crippen LogP contribution is -2.39. The van der Waals surface area contributed by atoms with Crippen LogP contribution >= 0.6 is 0 Å². The number of aryl methyl sites for hydroxylation is 1. The fourth-order valence-corrected chi connectivity index (χ4v) is 3.34. The minimum absolute atomic E-state index is 0.00635. The van der Waals surface area contributed by atoms with E-state index in [-0.39, 0.29) is 29.8 Å². The summed E-state index contributed by atoms with van der Waals surface area (Å²) < 4.78 is 14.2. The molecule has 2 aromatic carbocycles. The molecule has 4 nitrogen and oxygen atoms in total. The van der Waals surface area contributed by atoms with Crippen LogP contribution in [0, 0.1) is 18.2 Å². The zero-order valence-corrected chi connectivity index (χ0v) is 17.6. The number of amides is 1. The summed E-state index contributed by atoms with van der Waals surface area (Å²) in [6, 6.07) is 14.7. The summed E-state index contributed by atoms with van der Waals surface area (Å²) in [6.07, 6.45) is 0.779. The summed E-state index contributed by atoms with van der Waals surface area (Å²) in [4.78, 5) is 20.3. The first-order valence-corrected chi connectivity index (χ1v) is 10.0. The molecule has 1 aliphatic rings. The van der Waals surface area contributed by atoms with E-state index in [1.807, 2.05) is 52.0 Å². The number of rotatable bonds is 6. The van der Waals surface area contributed by atoms with Gasteiger partial charge in [-0.25, -0.2) is 4.39 Å². The van der Waals surface area contributed by atoms with Crippen LogP contribution in [0.1, 0.15) is 50.3 Å². The SMILES string of the molecule is Cc1ccc(C2=NOC(CN(Cc3ccccc3F)C(=O)CC(C)(C)C)C2)cc1. The van der Waals surface area contributed by atoms with E-state index in [1.54, 1.807) is 23.1 Å². The number of hydrogen-bond donors (Lipinski definition) is 0. The standard InChI is InChI=1S/C24H29FN2O2/c1-17-9-11-18(12-10-17)22-13-20(29-26-22)16-27(23(28)14-24(2,3)4)15-19-7-5-6-8-21(19)25/h5-12,20H,13-16H2,1-4H3. The first-order chi connectivity index (χ1) is 13.7. The quantitative estimate of drug-likeness (QED) is 0.682. The Kier molecular flexibility index (Phi) is 6.36. The third-order valence-corrected chi connectivity index (χ3v) is 4.90. The monoisotopic (exact) mass is 396 g/mol. The highest BCUT2D eigenvalue weighted by molar-refractivity contribution is 6.01. The molecule has 0 saturated heterocycles. The topological polar surface area (TPSA) is 41.9 Å². The number of benzene rings is 2. The van der Waals surface area contributed by atoms with E-state index < -0.39 is 0 Å². The largest absolute Gasteiger partial charge is 0.390 e. The smallest absolute Gasteiger partial charge is 0.223 e. The van der Waals surface area contributed by atoms with Crippen LogP contribution in [0.25, 0.3) is 0 Å². The summed E-state index contributed by atoms with van der Waals surface area (Å²) in [7, 11) is 0. The van der Waals surface area contributed by atoms with Gasteiger partial charge in [0.05, 0.1) is 12.3 Å². The second-order valence-corrected chi connectivity index (χ2v) is 8.94. The van der Waals surface area contributed by atoms with Crippen LogP contribution in [0.2, 0.25) is 0 Å². The predicted octanol–water partition coefficient (Wildman–Crippen LogP) is 5.09. The normalized spacial score (nSPS) is 16.3. The molecule has 0 bridgehead atoms. The van der Waals surface area contributed by atoms with Crippen LogP contribution < -0.4 is 0 Å². The Labute approximate surface area is 172 Å². The van der Waals surface area contributed by atoms with Gasteiger partial charge in [-0.3, -0.25) is 4.79 Å². The third-order valence-electron chi connectivity index (χ3n) is 4.90. The van der Waals surface area contributed by atoms with E-state index in [0.29, 0.717) is 24.9 Å². The van der Waals surface area contributed by atoms with Crippen molar-refractivity contribution in [2.45, 2.75) is 53.2 Å². The van der Waals surface area contributed by atoms with Crippen LogP contribution in [-0.4, -0.2) is 29.2 Å². The van der Waals surface area contributed by atoms with Gasteiger partial charge in [-0.15, -0.1) is 0 Å². The first kappa shape index (κ1) is 21.0. The van der Waals surface area contributed by atoms with E-state index in [0.717, 1.165) is 11.3 Å². The van der Waals surface area contributed by atoms with E-state index in [4.69, 9.17) is 4.84 Å². The van der Waals surface area contributed by atoms with Crippen LogP contribution in [0.3, 0.4) is 0 Å². The van der Waals surface area contributed by atoms with Crippen molar-refractivity contribution in [1.29, 1.82) is 0 Å². The van der Waals surface area contributed by atoms with Gasteiger partial charge >= 0.3 is 0 Å². The zero-order chi connectivity index (χ0) is 21.0. The Morgan fingerprint density at radius 2 is 1.86 bits per heavy atom. The summed E-state index contributed by atoms with van der Waals surface area (Å²) in [5, 5.41) is 4.23. The highest BCUT2D eigenvalue weighted by Gasteiger charge is 2.29. The Bertz CT molecular complexity index is 884. The maximum atomic E-state index is 14.2. The number of carbonyl (C=O) groups is 1. The minimum atomic E-state index is -0.301. The molecule has 1 amide bonds. The van der Waals surface area contributed by atoms with Crippen molar-refractivity contribution in [3.05, 3.63) is 71.0 Å². The van der Waals surface area contributed by atoms with Crippen molar-refractivity contribution < 1.29 is 14.0 Å². The van der Waals surface area contributed by atoms with Crippen molar-refractivity contribution in [1.82, 2.24) is 4.90 Å². The Morgan fingerprint density at radius 1 is 1.17 bits per heavy atom. The molecule has 0 spiro atoms. The zero-order valence-electron chi connectivity index (χ0n) is 17.6. The summed E-state index contributed by atoms with van der Waals surface area (Å²) in [5.74, 6) is -0.307. The number of oxime groups is 1. The average molecular weight is 397 g/mol. The van der Waals surface area contributed by atoms with Gasteiger partial charge in [0.1, 0.15) is 5.82 Å². The maximum Gasteiger partial charge on any atom is 0.223 e. The van der Waals surface area contributed by atoms with E-state index in [2.05, 4.69) is 5.16 Å². The Balaban J connectivity index is 1.71. The predicted molar refractivity (Wildman–Crippen MR) is 113 cm³/mol. The molecule has 0 aromatic heterocycles. The van der Waals surface area contributed by atoms with Gasteiger partial charge in [-0.05, 0) is 24.0 Å². The molecule has 0 aliphatic carbocycles. The third kappa shape index (κ3) is 5.89. The molecule has 0 radical (unpaired) electrons. The molecule has 29 heavy (non-hydrogen) atoms. The second kappa shape index (κ2) is 8.76. The summed E-state index contributed by atoms with van der Waals surface area (Å²) >= 11 is 0. The molecular formula is C24H29FN2O2. The Hall–Kier alpha value is -2.69. The minimum Gasteiger partial charge on any atom is -0.390 e. The number of hydrogen-bond acceptors (Lipinski definition) is 3. The van der Waals surface area contributed by atoms with Crippen molar-refractivity contribution in [2.75, 3.05) is 6.54 Å². The van der Waals surface area contributed by atoms with E-state index in [9.17, 15) is 9.18 Å². The molecule has 5 heteroatoms. The van der Waals surface area contributed by atoms with Crippen molar-refractivity contribution in [3.8, 4) is 0 Å². The number of nitrogens with zero attached hydrogens (tertiary/aromatic N) is 2. The van der Waals surface area contributed by atoms with Gasteiger partial charge in [0.25, 0.3) is 0 Å².